The predicted octanol–water partition coefficient (Wildman–Crippen LogP) is 3.41. The molecule has 0 atom stereocenters. The third kappa shape index (κ3) is 2.85. The van der Waals surface area contributed by atoms with E-state index in [9.17, 15) is 13.6 Å². The van der Waals surface area contributed by atoms with Gasteiger partial charge in [-0.25, -0.2) is 13.8 Å². The highest BCUT2D eigenvalue weighted by atomic mass is 32.1. The Labute approximate surface area is 143 Å². The monoisotopic (exact) mass is 351 g/mol. The van der Waals surface area contributed by atoms with Crippen molar-refractivity contribution < 1.29 is 13.6 Å². The van der Waals surface area contributed by atoms with Crippen LogP contribution in [0.1, 0.15) is 25.7 Å². The van der Waals surface area contributed by atoms with Gasteiger partial charge in [-0.05, 0) is 31.7 Å². The average molecular weight is 351 g/mol. The second-order valence-corrected chi connectivity index (χ2v) is 7.68. The van der Waals surface area contributed by atoms with E-state index in [2.05, 4.69) is 9.88 Å². The Hall–Kier alpha value is -1.76. The molecule has 2 aliphatic rings. The molecule has 0 N–H and O–H groups in total. The molecule has 0 bridgehead atoms. The maximum Gasteiger partial charge on any atom is 0.225 e. The van der Waals surface area contributed by atoms with E-state index in [0.717, 1.165) is 50.0 Å². The Kier molecular flexibility index (Phi) is 3.90. The van der Waals surface area contributed by atoms with Crippen molar-refractivity contribution in [1.29, 1.82) is 0 Å². The van der Waals surface area contributed by atoms with Crippen LogP contribution >= 0.6 is 11.3 Å². The number of benzene rings is 1. The van der Waals surface area contributed by atoms with Crippen molar-refractivity contribution in [2.45, 2.75) is 31.7 Å². The first kappa shape index (κ1) is 15.7. The predicted molar refractivity (Wildman–Crippen MR) is 90.3 cm³/mol. The minimum atomic E-state index is -0.614. The van der Waals surface area contributed by atoms with Crippen molar-refractivity contribution in [1.82, 2.24) is 9.88 Å². The number of aromatic nitrogens is 1. The van der Waals surface area contributed by atoms with Gasteiger partial charge in [0.15, 0.2) is 10.9 Å². The molecule has 0 unspecified atom stereocenters. The van der Waals surface area contributed by atoms with Crippen LogP contribution in [-0.2, 0) is 4.79 Å². The molecule has 1 aliphatic heterocycles. The topological polar surface area (TPSA) is 36.4 Å². The zero-order valence-electron chi connectivity index (χ0n) is 13.5. The van der Waals surface area contributed by atoms with E-state index in [-0.39, 0.29) is 23.4 Å². The fourth-order valence-corrected chi connectivity index (χ4v) is 4.38. The summed E-state index contributed by atoms with van der Waals surface area (Å²) in [7, 11) is 1.90. The number of rotatable bonds is 3. The number of anilines is 1. The summed E-state index contributed by atoms with van der Waals surface area (Å²) in [6.45, 7) is 1.55. The third-order valence-corrected chi connectivity index (χ3v) is 6.02. The van der Waals surface area contributed by atoms with E-state index in [0.29, 0.717) is 4.70 Å². The van der Waals surface area contributed by atoms with Gasteiger partial charge in [-0.2, -0.15) is 0 Å². The molecule has 128 valence electrons. The SMILES string of the molecule is CN(C(=O)C1CC1)C1CCN(c2nc3c(F)cc(F)cc3s2)CC1. The van der Waals surface area contributed by atoms with Crippen LogP contribution in [0.15, 0.2) is 12.1 Å². The Bertz CT molecular complexity index is 781. The Morgan fingerprint density at radius 1 is 1.25 bits per heavy atom. The average Bonchev–Trinajstić information content (AvgIpc) is 3.33. The van der Waals surface area contributed by atoms with Crippen molar-refractivity contribution in [2.75, 3.05) is 25.0 Å². The van der Waals surface area contributed by atoms with E-state index in [4.69, 9.17) is 0 Å². The van der Waals surface area contributed by atoms with Crippen molar-refractivity contribution >= 4 is 32.6 Å². The standard InChI is InChI=1S/C17H19F2N3OS/c1-21(16(23)10-2-3-10)12-4-6-22(7-5-12)17-20-15-13(19)8-11(18)9-14(15)24-17/h8-10,12H,2-7H2,1H3. The van der Waals surface area contributed by atoms with Crippen molar-refractivity contribution in [3.05, 3.63) is 23.8 Å². The molecule has 4 rings (SSSR count). The lowest BCUT2D eigenvalue weighted by Crippen LogP contribution is -2.46. The lowest BCUT2D eigenvalue weighted by Gasteiger charge is -2.36. The van der Waals surface area contributed by atoms with Crippen LogP contribution in [0.3, 0.4) is 0 Å². The first-order valence-corrected chi connectivity index (χ1v) is 9.12. The second kappa shape index (κ2) is 5.95. The number of amides is 1. The van der Waals surface area contributed by atoms with E-state index in [1.54, 1.807) is 0 Å². The number of hydrogen-bond acceptors (Lipinski definition) is 4. The molecule has 4 nitrogen and oxygen atoms in total. The van der Waals surface area contributed by atoms with Crippen molar-refractivity contribution in [2.24, 2.45) is 5.92 Å². The third-order valence-electron chi connectivity index (χ3n) is 4.96. The van der Waals surface area contributed by atoms with Crippen LogP contribution in [0, 0.1) is 17.6 Å². The van der Waals surface area contributed by atoms with Gasteiger partial charge in [-0.15, -0.1) is 0 Å². The van der Waals surface area contributed by atoms with Crippen LogP contribution in [0.4, 0.5) is 13.9 Å². The van der Waals surface area contributed by atoms with Crippen molar-refractivity contribution in [3.8, 4) is 0 Å². The first-order chi connectivity index (χ1) is 11.5. The van der Waals surface area contributed by atoms with Crippen LogP contribution in [0.2, 0.25) is 0 Å². The summed E-state index contributed by atoms with van der Waals surface area (Å²) in [6, 6.07) is 2.46. The minimum absolute atomic E-state index is 0.236. The highest BCUT2D eigenvalue weighted by Gasteiger charge is 2.35. The quantitative estimate of drug-likeness (QED) is 0.850. The highest BCUT2D eigenvalue weighted by molar-refractivity contribution is 7.22. The fraction of sp³-hybridized carbons (Fsp3) is 0.529. The van der Waals surface area contributed by atoms with Crippen LogP contribution < -0.4 is 4.90 Å². The van der Waals surface area contributed by atoms with Crippen LogP contribution in [-0.4, -0.2) is 42.0 Å². The van der Waals surface area contributed by atoms with Gasteiger partial charge in [0.1, 0.15) is 11.3 Å². The zero-order chi connectivity index (χ0) is 16.8. The molecular weight excluding hydrogens is 332 g/mol. The van der Waals surface area contributed by atoms with Gasteiger partial charge in [-0.3, -0.25) is 4.79 Å². The maximum atomic E-state index is 13.8. The van der Waals surface area contributed by atoms with E-state index >= 15 is 0 Å². The highest BCUT2D eigenvalue weighted by Crippen LogP contribution is 2.34. The number of thiazole rings is 1. The lowest BCUT2D eigenvalue weighted by atomic mass is 10.0. The number of fused-ring (bicyclic) bond motifs is 1. The summed E-state index contributed by atoms with van der Waals surface area (Å²) in [5, 5.41) is 0.726. The number of halogens is 2. The molecular formula is C17H19F2N3OS. The van der Waals surface area contributed by atoms with E-state index < -0.39 is 11.6 Å². The molecule has 24 heavy (non-hydrogen) atoms. The summed E-state index contributed by atoms with van der Waals surface area (Å²) < 4.78 is 27.7. The number of carbonyl (C=O) groups excluding carboxylic acids is 1. The number of piperidine rings is 1. The Morgan fingerprint density at radius 2 is 1.96 bits per heavy atom. The van der Waals surface area contributed by atoms with Crippen molar-refractivity contribution in [3.63, 3.8) is 0 Å². The first-order valence-electron chi connectivity index (χ1n) is 8.30. The second-order valence-electron chi connectivity index (χ2n) is 6.67. The summed E-state index contributed by atoms with van der Waals surface area (Å²) in [6.07, 6.45) is 3.80. The van der Waals surface area contributed by atoms with Gasteiger partial charge in [0.2, 0.25) is 5.91 Å². The molecule has 0 radical (unpaired) electrons. The number of nitrogens with zero attached hydrogens (tertiary/aromatic N) is 3. The molecule has 2 aromatic rings. The molecule has 1 aromatic heterocycles. The fourth-order valence-electron chi connectivity index (χ4n) is 3.32. The molecule has 1 aromatic carbocycles. The molecule has 1 saturated carbocycles. The van der Waals surface area contributed by atoms with Gasteiger partial charge in [-0.1, -0.05) is 11.3 Å². The van der Waals surface area contributed by atoms with E-state index in [1.165, 1.54) is 17.4 Å². The lowest BCUT2D eigenvalue weighted by molar-refractivity contribution is -0.133. The maximum absolute atomic E-state index is 13.8. The van der Waals surface area contributed by atoms with Crippen LogP contribution in [0.25, 0.3) is 10.2 Å². The van der Waals surface area contributed by atoms with Gasteiger partial charge in [0.05, 0.1) is 4.70 Å². The molecule has 7 heteroatoms. The van der Waals surface area contributed by atoms with Crippen LogP contribution in [0.5, 0.6) is 0 Å². The summed E-state index contributed by atoms with van der Waals surface area (Å²) in [5.74, 6) is -0.674. The molecule has 1 saturated heterocycles. The Balaban J connectivity index is 1.45. The summed E-state index contributed by atoms with van der Waals surface area (Å²) in [5.41, 5.74) is 0.236. The summed E-state index contributed by atoms with van der Waals surface area (Å²) >= 11 is 1.32. The largest absolute Gasteiger partial charge is 0.348 e. The molecule has 1 amide bonds. The summed E-state index contributed by atoms with van der Waals surface area (Å²) in [4.78, 5) is 20.5. The minimum Gasteiger partial charge on any atom is -0.348 e. The van der Waals surface area contributed by atoms with Gasteiger partial charge in [0.25, 0.3) is 0 Å². The smallest absolute Gasteiger partial charge is 0.225 e. The number of carbonyl (C=O) groups is 1. The van der Waals surface area contributed by atoms with E-state index in [1.807, 2.05) is 11.9 Å². The molecule has 1 aliphatic carbocycles. The zero-order valence-corrected chi connectivity index (χ0v) is 14.3. The molecule has 0 spiro atoms. The molecule has 2 fully saturated rings. The molecule has 2 heterocycles. The normalized spacial score (nSPS) is 19.0. The van der Waals surface area contributed by atoms with Gasteiger partial charge >= 0.3 is 0 Å². The number of hydrogen-bond donors (Lipinski definition) is 0. The van der Waals surface area contributed by atoms with Gasteiger partial charge < -0.3 is 9.80 Å². The Morgan fingerprint density at radius 3 is 2.62 bits per heavy atom. The van der Waals surface area contributed by atoms with Gasteiger partial charge in [0, 0.05) is 38.2 Å².